The van der Waals surface area contributed by atoms with E-state index in [0.717, 1.165) is 5.56 Å². The Morgan fingerprint density at radius 1 is 1.20 bits per heavy atom. The highest BCUT2D eigenvalue weighted by Gasteiger charge is 2.10. The Hall–Kier alpha value is -2.54. The van der Waals surface area contributed by atoms with Crippen molar-refractivity contribution in [2.24, 2.45) is 5.92 Å². The van der Waals surface area contributed by atoms with Crippen LogP contribution in [0.25, 0.3) is 22.8 Å². The fourth-order valence-electron chi connectivity index (χ4n) is 2.29. The van der Waals surface area contributed by atoms with Crippen molar-refractivity contribution >= 4 is 22.1 Å². The van der Waals surface area contributed by atoms with Gasteiger partial charge in [0.05, 0.1) is 21.8 Å². The molecule has 2 heterocycles. The minimum atomic E-state index is -0.0820. The zero-order valence-electron chi connectivity index (χ0n) is 14.0. The Morgan fingerprint density at radius 3 is 2.60 bits per heavy atom. The normalized spacial score (nSPS) is 10.9. The average molecular weight is 400 g/mol. The minimum absolute atomic E-state index is 0.0820. The maximum atomic E-state index is 12.2. The third-order valence-electron chi connectivity index (χ3n) is 3.58. The number of nitrogens with one attached hydrogen (secondary N) is 1. The summed E-state index contributed by atoms with van der Waals surface area (Å²) in [5.74, 6) is 1.01. The number of halogens is 1. The van der Waals surface area contributed by atoms with Crippen molar-refractivity contribution < 1.29 is 4.79 Å². The van der Waals surface area contributed by atoms with Crippen LogP contribution in [0, 0.1) is 5.92 Å². The highest BCUT2D eigenvalue weighted by Crippen LogP contribution is 2.21. The fourth-order valence-corrected chi connectivity index (χ4v) is 2.67. The number of amides is 1. The van der Waals surface area contributed by atoms with Crippen LogP contribution in [0.2, 0.25) is 0 Å². The summed E-state index contributed by atoms with van der Waals surface area (Å²) in [6, 6.07) is 11.1. The number of imidazole rings is 1. The first kappa shape index (κ1) is 17.3. The van der Waals surface area contributed by atoms with E-state index in [9.17, 15) is 4.79 Å². The van der Waals surface area contributed by atoms with Gasteiger partial charge >= 0.3 is 0 Å². The Kier molecular flexibility index (Phi) is 5.23. The molecule has 0 saturated carbocycles. The molecule has 0 unspecified atom stereocenters. The summed E-state index contributed by atoms with van der Waals surface area (Å²) in [5, 5.41) is 11.4. The predicted octanol–water partition coefficient (Wildman–Crippen LogP) is 3.55. The van der Waals surface area contributed by atoms with Crippen LogP contribution in [-0.2, 0) is 0 Å². The van der Waals surface area contributed by atoms with Gasteiger partial charge in [0.15, 0.2) is 5.82 Å². The first-order chi connectivity index (χ1) is 12.0. The van der Waals surface area contributed by atoms with Gasteiger partial charge < -0.3 is 5.32 Å². The number of aromatic nitrogens is 4. The van der Waals surface area contributed by atoms with E-state index < -0.39 is 0 Å². The second kappa shape index (κ2) is 7.57. The average Bonchev–Trinajstić information content (AvgIpc) is 3.06. The molecule has 0 fully saturated rings. The van der Waals surface area contributed by atoms with Gasteiger partial charge in [-0.2, -0.15) is 0 Å². The van der Waals surface area contributed by atoms with Gasteiger partial charge in [0.2, 0.25) is 0 Å². The highest BCUT2D eigenvalue weighted by atomic mass is 79.9. The van der Waals surface area contributed by atoms with E-state index in [1.807, 2.05) is 30.3 Å². The van der Waals surface area contributed by atoms with E-state index >= 15 is 0 Å². The van der Waals surface area contributed by atoms with E-state index in [-0.39, 0.29) is 5.91 Å². The molecule has 2 aromatic heterocycles. The van der Waals surface area contributed by atoms with Crippen molar-refractivity contribution in [3.63, 3.8) is 0 Å². The van der Waals surface area contributed by atoms with E-state index in [2.05, 4.69) is 50.5 Å². The summed E-state index contributed by atoms with van der Waals surface area (Å²) in [6.07, 6.45) is 3.46. The van der Waals surface area contributed by atoms with E-state index in [1.165, 1.54) is 0 Å². The molecule has 0 aliphatic rings. The quantitative estimate of drug-likeness (QED) is 0.711. The lowest BCUT2D eigenvalue weighted by molar-refractivity contribution is 0.0949. The van der Waals surface area contributed by atoms with Crippen LogP contribution in [0.5, 0.6) is 0 Å². The maximum absolute atomic E-state index is 12.2. The van der Waals surface area contributed by atoms with E-state index in [1.54, 1.807) is 22.1 Å². The second-order valence-corrected chi connectivity index (χ2v) is 6.81. The third-order valence-corrected chi connectivity index (χ3v) is 4.15. The molecule has 0 atom stereocenters. The molecule has 1 amide bonds. The summed E-state index contributed by atoms with van der Waals surface area (Å²) in [7, 11) is 0. The SMILES string of the molecule is CC(C)CNC(=O)c1cccc(-c2ccc(-c3nccn3Br)nn2)c1. The van der Waals surface area contributed by atoms with Crippen LogP contribution in [0.15, 0.2) is 48.8 Å². The molecule has 3 rings (SSSR count). The van der Waals surface area contributed by atoms with Crippen molar-refractivity contribution in [1.29, 1.82) is 0 Å². The smallest absolute Gasteiger partial charge is 0.251 e. The topological polar surface area (TPSA) is 72.7 Å². The summed E-state index contributed by atoms with van der Waals surface area (Å²) >= 11 is 3.36. The largest absolute Gasteiger partial charge is 0.352 e. The standard InChI is InChI=1S/C18H18BrN5O/c1-12(2)11-21-18(25)14-5-3-4-13(10-14)15-6-7-16(23-22-15)17-20-8-9-24(17)19/h3-10,12H,11H2,1-2H3,(H,21,25). The first-order valence-corrected chi connectivity index (χ1v) is 8.68. The van der Waals surface area contributed by atoms with Gasteiger partial charge in [-0.25, -0.2) is 4.98 Å². The Bertz CT molecular complexity index is 873. The van der Waals surface area contributed by atoms with Crippen LogP contribution in [-0.4, -0.2) is 31.2 Å². The molecule has 0 spiro atoms. The van der Waals surface area contributed by atoms with Crippen molar-refractivity contribution in [3.05, 3.63) is 54.4 Å². The summed E-state index contributed by atoms with van der Waals surface area (Å²) in [5.41, 5.74) is 2.82. The molecule has 128 valence electrons. The lowest BCUT2D eigenvalue weighted by Gasteiger charge is -2.08. The van der Waals surface area contributed by atoms with Crippen LogP contribution < -0.4 is 5.32 Å². The van der Waals surface area contributed by atoms with E-state index in [4.69, 9.17) is 0 Å². The van der Waals surface area contributed by atoms with Gasteiger partial charge in [0.25, 0.3) is 5.91 Å². The molecule has 0 bridgehead atoms. The van der Waals surface area contributed by atoms with Crippen molar-refractivity contribution in [3.8, 4) is 22.8 Å². The molecule has 0 saturated heterocycles. The Morgan fingerprint density at radius 2 is 1.96 bits per heavy atom. The fraction of sp³-hybridized carbons (Fsp3) is 0.222. The lowest BCUT2D eigenvalue weighted by Crippen LogP contribution is -2.27. The Balaban J connectivity index is 1.81. The first-order valence-electron chi connectivity index (χ1n) is 7.97. The zero-order valence-corrected chi connectivity index (χ0v) is 15.6. The molecule has 1 aromatic carbocycles. The summed E-state index contributed by atoms with van der Waals surface area (Å²) in [6.45, 7) is 4.77. The van der Waals surface area contributed by atoms with Crippen molar-refractivity contribution in [2.75, 3.05) is 6.54 Å². The number of rotatable bonds is 5. The number of hydrogen-bond donors (Lipinski definition) is 1. The van der Waals surface area contributed by atoms with Crippen LogP contribution >= 0.6 is 16.1 Å². The summed E-state index contributed by atoms with van der Waals surface area (Å²) in [4.78, 5) is 16.4. The van der Waals surface area contributed by atoms with Gasteiger partial charge in [-0.15, -0.1) is 10.2 Å². The predicted molar refractivity (Wildman–Crippen MR) is 100 cm³/mol. The third kappa shape index (κ3) is 4.11. The molecule has 25 heavy (non-hydrogen) atoms. The number of hydrogen-bond acceptors (Lipinski definition) is 4. The van der Waals surface area contributed by atoms with Crippen LogP contribution in [0.1, 0.15) is 24.2 Å². The highest BCUT2D eigenvalue weighted by molar-refractivity contribution is 9.08. The van der Waals surface area contributed by atoms with Crippen molar-refractivity contribution in [1.82, 2.24) is 24.1 Å². The van der Waals surface area contributed by atoms with Gasteiger partial charge in [0, 0.05) is 30.1 Å². The number of carbonyl (C=O) groups excluding carboxylic acids is 1. The maximum Gasteiger partial charge on any atom is 0.251 e. The molecule has 0 aliphatic carbocycles. The van der Waals surface area contributed by atoms with Gasteiger partial charge in [-0.05, 0) is 30.2 Å². The summed E-state index contributed by atoms with van der Waals surface area (Å²) < 4.78 is 1.70. The van der Waals surface area contributed by atoms with E-state index in [0.29, 0.717) is 35.2 Å². The zero-order chi connectivity index (χ0) is 17.8. The second-order valence-electron chi connectivity index (χ2n) is 6.05. The van der Waals surface area contributed by atoms with Crippen molar-refractivity contribution in [2.45, 2.75) is 13.8 Å². The lowest BCUT2D eigenvalue weighted by atomic mass is 10.1. The Labute approximate surface area is 154 Å². The number of benzene rings is 1. The molecule has 1 N–H and O–H groups in total. The molecular weight excluding hydrogens is 382 g/mol. The monoisotopic (exact) mass is 399 g/mol. The molecule has 6 nitrogen and oxygen atoms in total. The molecule has 3 aromatic rings. The molecular formula is C18H18BrN5O. The number of nitrogens with zero attached hydrogens (tertiary/aromatic N) is 4. The van der Waals surface area contributed by atoms with Gasteiger partial charge in [-0.3, -0.25) is 8.39 Å². The van der Waals surface area contributed by atoms with Crippen LogP contribution in [0.4, 0.5) is 0 Å². The molecule has 0 aliphatic heterocycles. The molecule has 7 heteroatoms. The number of carbonyl (C=O) groups is 1. The molecule has 0 radical (unpaired) electrons. The van der Waals surface area contributed by atoms with Gasteiger partial charge in [-0.1, -0.05) is 26.0 Å². The van der Waals surface area contributed by atoms with Gasteiger partial charge in [0.1, 0.15) is 5.69 Å². The van der Waals surface area contributed by atoms with Crippen LogP contribution in [0.3, 0.4) is 0 Å². The minimum Gasteiger partial charge on any atom is -0.352 e.